The number of pyridine rings is 2. The fourth-order valence-electron chi connectivity index (χ4n) is 2.14. The topological polar surface area (TPSA) is 25.8 Å². The molecule has 3 aromatic rings. The molecule has 0 saturated carbocycles. The van der Waals surface area contributed by atoms with Crippen LogP contribution < -0.4 is 0 Å². The molecule has 0 amide bonds. The van der Waals surface area contributed by atoms with Gasteiger partial charge in [-0.2, -0.15) is 0 Å². The third-order valence-corrected chi connectivity index (χ3v) is 2.93. The molecule has 18 heavy (non-hydrogen) atoms. The zero-order valence-electron chi connectivity index (χ0n) is 11.1. The molecule has 2 nitrogen and oxygen atoms in total. The first-order chi connectivity index (χ1) is 8.90. The van der Waals surface area contributed by atoms with Gasteiger partial charge in [0.05, 0.1) is 11.0 Å². The number of aryl methyl sites for hydroxylation is 1. The average Bonchev–Trinajstić information content (AvgIpc) is 2.48. The zero-order chi connectivity index (χ0) is 13.0. The number of benzene rings is 1. The first-order valence-corrected chi connectivity index (χ1v) is 6.51. The lowest BCUT2D eigenvalue weighted by atomic mass is 10.0. The molecule has 0 aliphatic carbocycles. The van der Waals surface area contributed by atoms with Gasteiger partial charge in [-0.05, 0) is 30.2 Å². The Hall–Kier alpha value is -1.96. The van der Waals surface area contributed by atoms with Crippen molar-refractivity contribution < 1.29 is 0 Å². The van der Waals surface area contributed by atoms with Gasteiger partial charge in [0.15, 0.2) is 0 Å². The van der Waals surface area contributed by atoms with Gasteiger partial charge in [0.25, 0.3) is 0 Å². The van der Waals surface area contributed by atoms with E-state index in [1.165, 1.54) is 16.3 Å². The normalized spacial score (nSPS) is 10.2. The van der Waals surface area contributed by atoms with Crippen LogP contribution in [0.3, 0.4) is 0 Å². The van der Waals surface area contributed by atoms with Gasteiger partial charge < -0.3 is 0 Å². The number of nitrogens with zero attached hydrogens (tertiary/aromatic N) is 2. The van der Waals surface area contributed by atoms with Crippen LogP contribution in [0.4, 0.5) is 0 Å². The fraction of sp³-hybridized carbons (Fsp3) is 0.250. The molecule has 0 saturated heterocycles. The lowest BCUT2D eigenvalue weighted by Crippen LogP contribution is -1.89. The third kappa shape index (κ3) is 2.06. The Balaban J connectivity index is 0.000000574. The SMILES string of the molecule is CC.CCc1cc2cccnc2c2ncccc12. The van der Waals surface area contributed by atoms with Crippen LogP contribution in [0.5, 0.6) is 0 Å². The molecule has 92 valence electrons. The van der Waals surface area contributed by atoms with E-state index in [-0.39, 0.29) is 0 Å². The van der Waals surface area contributed by atoms with Gasteiger partial charge in [0, 0.05) is 23.2 Å². The second kappa shape index (κ2) is 5.58. The summed E-state index contributed by atoms with van der Waals surface area (Å²) in [6, 6.07) is 10.4. The second-order valence-electron chi connectivity index (χ2n) is 3.86. The largest absolute Gasteiger partial charge is 0.254 e. The Bertz CT molecular complexity index is 659. The smallest absolute Gasteiger partial charge is 0.0967 e. The van der Waals surface area contributed by atoms with E-state index in [1.807, 2.05) is 38.4 Å². The summed E-state index contributed by atoms with van der Waals surface area (Å²) in [5.74, 6) is 0. The van der Waals surface area contributed by atoms with Gasteiger partial charge >= 0.3 is 0 Å². The van der Waals surface area contributed by atoms with Crippen LogP contribution in [0.1, 0.15) is 26.3 Å². The summed E-state index contributed by atoms with van der Waals surface area (Å²) in [6.07, 6.45) is 4.67. The zero-order valence-corrected chi connectivity index (χ0v) is 11.1. The monoisotopic (exact) mass is 238 g/mol. The van der Waals surface area contributed by atoms with Crippen LogP contribution in [0, 0.1) is 0 Å². The van der Waals surface area contributed by atoms with E-state index in [2.05, 4.69) is 35.1 Å². The minimum absolute atomic E-state index is 0.996. The summed E-state index contributed by atoms with van der Waals surface area (Å²) < 4.78 is 0. The van der Waals surface area contributed by atoms with Gasteiger partial charge in [-0.3, -0.25) is 9.97 Å². The third-order valence-electron chi connectivity index (χ3n) is 2.93. The van der Waals surface area contributed by atoms with Gasteiger partial charge in [0.2, 0.25) is 0 Å². The van der Waals surface area contributed by atoms with E-state index in [0.717, 1.165) is 17.5 Å². The Labute approximate surface area is 108 Å². The summed E-state index contributed by atoms with van der Waals surface area (Å²) in [7, 11) is 0. The van der Waals surface area contributed by atoms with Crippen molar-refractivity contribution in [2.24, 2.45) is 0 Å². The van der Waals surface area contributed by atoms with Crippen LogP contribution in [0.2, 0.25) is 0 Å². The maximum Gasteiger partial charge on any atom is 0.0967 e. The molecule has 0 unspecified atom stereocenters. The molecule has 1 aromatic carbocycles. The van der Waals surface area contributed by atoms with Crippen molar-refractivity contribution in [2.45, 2.75) is 27.2 Å². The van der Waals surface area contributed by atoms with Crippen LogP contribution >= 0.6 is 0 Å². The highest BCUT2D eigenvalue weighted by Crippen LogP contribution is 2.25. The van der Waals surface area contributed by atoms with E-state index in [4.69, 9.17) is 0 Å². The summed E-state index contributed by atoms with van der Waals surface area (Å²) in [4.78, 5) is 8.88. The second-order valence-corrected chi connectivity index (χ2v) is 3.86. The van der Waals surface area contributed by atoms with E-state index in [1.54, 1.807) is 0 Å². The molecule has 0 aliphatic heterocycles. The number of fused-ring (bicyclic) bond motifs is 3. The number of rotatable bonds is 1. The molecular formula is C16H18N2. The Morgan fingerprint density at radius 3 is 2.33 bits per heavy atom. The minimum atomic E-state index is 0.996. The lowest BCUT2D eigenvalue weighted by Gasteiger charge is -2.06. The van der Waals surface area contributed by atoms with Crippen molar-refractivity contribution >= 4 is 21.8 Å². The Morgan fingerprint density at radius 2 is 1.61 bits per heavy atom. The lowest BCUT2D eigenvalue weighted by molar-refractivity contribution is 1.16. The first-order valence-electron chi connectivity index (χ1n) is 6.51. The minimum Gasteiger partial charge on any atom is -0.254 e. The van der Waals surface area contributed by atoms with Crippen molar-refractivity contribution in [3.8, 4) is 0 Å². The van der Waals surface area contributed by atoms with Crippen molar-refractivity contribution in [3.05, 3.63) is 48.3 Å². The van der Waals surface area contributed by atoms with Crippen molar-refractivity contribution in [1.82, 2.24) is 9.97 Å². The van der Waals surface area contributed by atoms with Crippen LogP contribution in [-0.4, -0.2) is 9.97 Å². The molecule has 0 fully saturated rings. The van der Waals surface area contributed by atoms with E-state index in [9.17, 15) is 0 Å². The number of hydrogen-bond acceptors (Lipinski definition) is 2. The Kier molecular flexibility index (Phi) is 3.88. The summed E-state index contributed by atoms with van der Waals surface area (Å²) in [5.41, 5.74) is 3.34. The molecule has 0 atom stereocenters. The van der Waals surface area contributed by atoms with Crippen molar-refractivity contribution in [1.29, 1.82) is 0 Å². The van der Waals surface area contributed by atoms with Crippen LogP contribution in [0.25, 0.3) is 21.8 Å². The molecule has 0 N–H and O–H groups in total. The summed E-state index contributed by atoms with van der Waals surface area (Å²) in [5, 5.41) is 2.39. The molecule has 2 heteroatoms. The Morgan fingerprint density at radius 1 is 0.944 bits per heavy atom. The predicted molar refractivity (Wildman–Crippen MR) is 77.8 cm³/mol. The molecule has 0 aliphatic rings. The van der Waals surface area contributed by atoms with Gasteiger partial charge in [-0.1, -0.05) is 32.9 Å². The molecule has 2 aromatic heterocycles. The van der Waals surface area contributed by atoms with Gasteiger partial charge in [0.1, 0.15) is 0 Å². The predicted octanol–water partition coefficient (Wildman–Crippen LogP) is 4.37. The van der Waals surface area contributed by atoms with Gasteiger partial charge in [-0.25, -0.2) is 0 Å². The summed E-state index contributed by atoms with van der Waals surface area (Å²) >= 11 is 0. The fourth-order valence-corrected chi connectivity index (χ4v) is 2.14. The van der Waals surface area contributed by atoms with Crippen LogP contribution in [-0.2, 0) is 6.42 Å². The number of hydrogen-bond donors (Lipinski definition) is 0. The van der Waals surface area contributed by atoms with Gasteiger partial charge in [-0.15, -0.1) is 0 Å². The molecule has 2 heterocycles. The highest BCUT2D eigenvalue weighted by atomic mass is 14.7. The van der Waals surface area contributed by atoms with Crippen molar-refractivity contribution in [3.63, 3.8) is 0 Å². The van der Waals surface area contributed by atoms with Crippen molar-refractivity contribution in [2.75, 3.05) is 0 Å². The average molecular weight is 238 g/mol. The van der Waals surface area contributed by atoms with E-state index >= 15 is 0 Å². The first kappa shape index (κ1) is 12.5. The maximum absolute atomic E-state index is 4.46. The number of aromatic nitrogens is 2. The molecule has 3 rings (SSSR count). The highest BCUT2D eigenvalue weighted by molar-refractivity contribution is 6.04. The van der Waals surface area contributed by atoms with Crippen LogP contribution in [0.15, 0.2) is 42.7 Å². The standard InChI is InChI=1S/C14H12N2.C2H6/c1-2-10-9-11-5-3-7-15-13(11)14-12(10)6-4-8-16-14;1-2/h3-9H,2H2,1H3;1-2H3. The molecular weight excluding hydrogens is 220 g/mol. The molecule has 0 bridgehead atoms. The highest BCUT2D eigenvalue weighted by Gasteiger charge is 2.06. The molecule has 0 radical (unpaired) electrons. The maximum atomic E-state index is 4.46. The van der Waals surface area contributed by atoms with E-state index in [0.29, 0.717) is 0 Å². The molecule has 0 spiro atoms. The summed E-state index contributed by atoms with van der Waals surface area (Å²) in [6.45, 7) is 6.17. The van der Waals surface area contributed by atoms with E-state index < -0.39 is 0 Å². The quantitative estimate of drug-likeness (QED) is 0.588.